The lowest BCUT2D eigenvalue weighted by molar-refractivity contribution is -0.153. The van der Waals surface area contributed by atoms with Gasteiger partial charge in [-0.15, -0.1) is 0 Å². The number of hydrogen-bond donors (Lipinski definition) is 3. The zero-order valence-corrected chi connectivity index (χ0v) is 20.1. The fraction of sp³-hybridized carbons (Fsp3) is 0.583. The van der Waals surface area contributed by atoms with Gasteiger partial charge in [-0.25, -0.2) is 23.2 Å². The van der Waals surface area contributed by atoms with E-state index in [4.69, 9.17) is 17.3 Å². The minimum atomic E-state index is -2.51. The number of aromatic nitrogens is 4. The van der Waals surface area contributed by atoms with E-state index in [2.05, 4.69) is 0 Å². The molecule has 2 aromatic heterocycles. The van der Waals surface area contributed by atoms with Crippen molar-refractivity contribution in [1.82, 2.24) is 19.1 Å². The highest BCUT2D eigenvalue weighted by Gasteiger charge is 2.56. The van der Waals surface area contributed by atoms with Crippen LogP contribution in [-0.2, 0) is 19.1 Å². The molecule has 39 heavy (non-hydrogen) atoms. The molecule has 2 fully saturated rings. The molecule has 0 amide bonds. The first-order chi connectivity index (χ1) is 17.8. The first-order valence-corrected chi connectivity index (χ1v) is 10.9. The summed E-state index contributed by atoms with van der Waals surface area (Å²) in [6.07, 6.45) is -5.36. The number of ether oxygens (including phenoxy) is 2. The van der Waals surface area contributed by atoms with Gasteiger partial charge in [0.05, 0.1) is 2.74 Å². The molecule has 0 radical (unpaired) electrons. The summed E-state index contributed by atoms with van der Waals surface area (Å²) in [5, 5.41) is 9.03. The van der Waals surface area contributed by atoms with E-state index in [1.54, 1.807) is 0 Å². The fourth-order valence-electron chi connectivity index (χ4n) is 3.89. The number of hydrogen-bond acceptors (Lipinski definition) is 8. The number of nitrogens with one attached hydrogen (secondary N) is 2. The number of carbonyl (C=O) groups excluding carboxylic acids is 1. The molecule has 0 aromatic carbocycles. The third-order valence-corrected chi connectivity index (χ3v) is 6.50. The van der Waals surface area contributed by atoms with Gasteiger partial charge in [-0.3, -0.25) is 28.7 Å². The van der Waals surface area contributed by atoms with Crippen molar-refractivity contribution in [2.75, 3.05) is 0 Å². The Morgan fingerprint density at radius 3 is 1.69 bits per heavy atom. The lowest BCUT2D eigenvalue weighted by atomic mass is 9.89. The summed E-state index contributed by atoms with van der Waals surface area (Å²) < 4.78 is 56.5. The average Bonchev–Trinajstić information content (AvgIpc) is 3.14. The maximum absolute atomic E-state index is 14.7. The number of H-pyrrole nitrogens is 2. The monoisotopic (exact) mass is 562 g/mol. The van der Waals surface area contributed by atoms with Gasteiger partial charge in [0.2, 0.25) is 0 Å². The van der Waals surface area contributed by atoms with Gasteiger partial charge in [-0.2, -0.15) is 0 Å². The molecule has 0 bridgehead atoms. The van der Waals surface area contributed by atoms with Crippen molar-refractivity contribution in [3.8, 4) is 0 Å². The van der Waals surface area contributed by atoms with Gasteiger partial charge in [-0.05, 0) is 13.8 Å². The van der Waals surface area contributed by atoms with Gasteiger partial charge in [-0.1, -0.05) is 28.7 Å². The Morgan fingerprint density at radius 1 is 0.949 bits per heavy atom. The number of aliphatic carboxylic acids is 1. The van der Waals surface area contributed by atoms with Crippen molar-refractivity contribution in [2.45, 2.75) is 78.5 Å². The Labute approximate surface area is 224 Å². The summed E-state index contributed by atoms with van der Waals surface area (Å²) in [4.78, 5) is 71.2. The summed E-state index contributed by atoms with van der Waals surface area (Å²) in [7, 11) is 0. The van der Waals surface area contributed by atoms with Gasteiger partial charge in [0.15, 0.2) is 29.9 Å². The van der Waals surface area contributed by atoms with Crippen LogP contribution in [0.3, 0.4) is 0 Å². The standard InChI is InChI=1S/C11H13FN2O5.C11H13FN2O4.2CH4/c1-5-7(8(16)17)19-9(11(5,2)12)14-4-3-6(15)13-10(14)18;1-6-7(5-15)18-9(11(6,2)12)14-4-3-8(16)13-10(14)17;;/h3-5,7,9H,1-2H3,(H,16,17)(H,13,15,18);3-7,9H,1-2H3,(H,13,16,17);2*1H4/t5-,7+,9-,11-;6-,7-,9-,11-;;/m11../s1/i2*7D;;. The predicted molar refractivity (Wildman–Crippen MR) is 135 cm³/mol. The zero-order chi connectivity index (χ0) is 29.7. The van der Waals surface area contributed by atoms with Crippen LogP contribution in [-0.4, -0.2) is 60.0 Å². The van der Waals surface area contributed by atoms with Crippen molar-refractivity contribution < 1.29 is 35.7 Å². The van der Waals surface area contributed by atoms with Crippen LogP contribution < -0.4 is 22.5 Å². The average molecular weight is 563 g/mol. The quantitative estimate of drug-likeness (QED) is 0.460. The number of nitrogens with zero attached hydrogens (tertiary/aromatic N) is 2. The Kier molecular flexibility index (Phi) is 9.17. The number of carboxylic acids is 1. The molecule has 13 nitrogen and oxygen atoms in total. The molecular weight excluding hydrogens is 526 g/mol. The summed E-state index contributed by atoms with van der Waals surface area (Å²) in [6, 6.07) is 2.02. The molecule has 0 spiro atoms. The Hall–Kier alpha value is -3.72. The number of carboxylic acid groups (broad SMARTS) is 1. The Balaban J connectivity index is 0.000000391. The molecule has 2 aliphatic heterocycles. The van der Waals surface area contributed by atoms with Gasteiger partial charge in [0, 0.05) is 36.4 Å². The first kappa shape index (κ1) is 29.8. The van der Waals surface area contributed by atoms with E-state index in [1.807, 2.05) is 9.97 Å². The molecule has 2 aliphatic rings. The second-order valence-corrected chi connectivity index (χ2v) is 8.91. The van der Waals surface area contributed by atoms with E-state index < -0.39 is 76.3 Å². The molecule has 2 aromatic rings. The normalized spacial score (nSPS) is 37.7. The van der Waals surface area contributed by atoms with Gasteiger partial charge in [0.25, 0.3) is 11.1 Å². The molecule has 0 unspecified atom stereocenters. The van der Waals surface area contributed by atoms with Crippen LogP contribution in [0.1, 0.15) is 57.7 Å². The van der Waals surface area contributed by atoms with Gasteiger partial charge < -0.3 is 19.4 Å². The smallest absolute Gasteiger partial charge is 0.333 e. The largest absolute Gasteiger partial charge is 0.479 e. The molecule has 3 N–H and O–H groups in total. The third-order valence-electron chi connectivity index (χ3n) is 6.50. The highest BCUT2D eigenvalue weighted by atomic mass is 19.1. The topological polar surface area (TPSA) is 183 Å². The molecular formula is C24H34F2N4O9. The van der Waals surface area contributed by atoms with Crippen LogP contribution in [0.2, 0.25) is 0 Å². The number of rotatable bonds is 4. The van der Waals surface area contributed by atoms with Crippen molar-refractivity contribution in [1.29, 1.82) is 0 Å². The molecule has 4 rings (SSSR count). The van der Waals surface area contributed by atoms with Crippen LogP contribution in [0.25, 0.3) is 0 Å². The lowest BCUT2D eigenvalue weighted by Gasteiger charge is -2.25. The molecule has 2 saturated heterocycles. The van der Waals surface area contributed by atoms with Crippen molar-refractivity contribution in [2.24, 2.45) is 11.8 Å². The number of alkyl halides is 2. The van der Waals surface area contributed by atoms with E-state index in [-0.39, 0.29) is 21.1 Å². The molecule has 15 heteroatoms. The van der Waals surface area contributed by atoms with Crippen LogP contribution in [0, 0.1) is 11.8 Å². The number of aromatic amines is 2. The molecule has 8 atom stereocenters. The van der Waals surface area contributed by atoms with E-state index in [0.29, 0.717) is 0 Å². The Bertz CT molecular complexity index is 1520. The Morgan fingerprint density at radius 2 is 1.36 bits per heavy atom. The summed E-state index contributed by atoms with van der Waals surface area (Å²) in [6.45, 7) is 4.79. The highest BCUT2D eigenvalue weighted by molar-refractivity contribution is 5.73. The second kappa shape index (κ2) is 12.0. The number of carbonyl (C=O) groups is 2. The predicted octanol–water partition coefficient (Wildman–Crippen LogP) is 1.15. The maximum Gasteiger partial charge on any atom is 0.333 e. The highest BCUT2D eigenvalue weighted by Crippen LogP contribution is 2.45. The third kappa shape index (κ3) is 6.14. The van der Waals surface area contributed by atoms with Crippen LogP contribution in [0.5, 0.6) is 0 Å². The number of aldehydes is 1. The fourth-order valence-corrected chi connectivity index (χ4v) is 3.89. The molecule has 0 saturated carbocycles. The molecule has 0 aliphatic carbocycles. The van der Waals surface area contributed by atoms with E-state index in [0.717, 1.165) is 47.5 Å². The minimum absolute atomic E-state index is 0. The van der Waals surface area contributed by atoms with Crippen molar-refractivity contribution >= 4 is 12.3 Å². The van der Waals surface area contributed by atoms with Crippen LogP contribution in [0.4, 0.5) is 8.78 Å². The summed E-state index contributed by atoms with van der Waals surface area (Å²) in [5.74, 6) is -4.04. The zero-order valence-electron chi connectivity index (χ0n) is 22.1. The molecule has 218 valence electrons. The summed E-state index contributed by atoms with van der Waals surface area (Å²) >= 11 is 0. The molecule has 4 heterocycles. The van der Waals surface area contributed by atoms with Gasteiger partial charge in [0.1, 0.15) is 12.4 Å². The number of halogens is 2. The maximum atomic E-state index is 14.7. The lowest BCUT2D eigenvalue weighted by Crippen LogP contribution is -2.40. The van der Waals surface area contributed by atoms with Crippen molar-refractivity contribution in [3.63, 3.8) is 0 Å². The van der Waals surface area contributed by atoms with E-state index in [1.165, 1.54) is 13.8 Å². The van der Waals surface area contributed by atoms with Gasteiger partial charge >= 0.3 is 17.3 Å². The van der Waals surface area contributed by atoms with E-state index in [9.17, 15) is 37.5 Å². The SMILES string of the molecule is C.C.[2H][C@]1(C(=O)O)O[C@@H](n2ccc(=O)[nH]c2=O)[C@](C)(F)[C@@H]1C.[2H][C@]1(C=O)O[C@@H](n2ccc(=O)[nH]c2=O)[C@](C)(F)[C@@H]1C. The van der Waals surface area contributed by atoms with Crippen LogP contribution >= 0.6 is 0 Å². The summed E-state index contributed by atoms with van der Waals surface area (Å²) in [5.41, 5.74) is -7.47. The van der Waals surface area contributed by atoms with Crippen LogP contribution in [0.15, 0.2) is 43.7 Å². The first-order valence-electron chi connectivity index (χ1n) is 11.9. The van der Waals surface area contributed by atoms with Crippen molar-refractivity contribution in [3.05, 3.63) is 66.2 Å². The minimum Gasteiger partial charge on any atom is -0.479 e. The van der Waals surface area contributed by atoms with E-state index >= 15 is 0 Å². The second-order valence-electron chi connectivity index (χ2n) is 8.91.